The molecule has 90 valence electrons. The van der Waals surface area contributed by atoms with E-state index in [9.17, 15) is 8.42 Å². The van der Waals surface area contributed by atoms with E-state index >= 15 is 0 Å². The normalized spacial score (nSPS) is 29.3. The summed E-state index contributed by atoms with van der Waals surface area (Å²) in [5, 5.41) is 0. The summed E-state index contributed by atoms with van der Waals surface area (Å²) in [6.45, 7) is 8.53. The van der Waals surface area contributed by atoms with Crippen molar-refractivity contribution in [1.82, 2.24) is 0 Å². The average Bonchev–Trinajstić information content (AvgIpc) is 2.28. The number of sulfone groups is 1. The summed E-state index contributed by atoms with van der Waals surface area (Å²) in [6, 6.07) is 0. The Kier molecular flexibility index (Phi) is 3.23. The fourth-order valence-corrected chi connectivity index (χ4v) is 4.09. The smallest absolute Gasteiger partial charge is 0.155 e. The Balaban J connectivity index is 2.84. The molecule has 0 radical (unpaired) electrons. The first-order valence-corrected chi connectivity index (χ1v) is 7.20. The molecule has 1 heterocycles. The van der Waals surface area contributed by atoms with Gasteiger partial charge in [-0.25, -0.2) is 8.42 Å². The number of hydrogen-bond acceptors (Lipinski definition) is 3. The predicted molar refractivity (Wildman–Crippen MR) is 63.4 cm³/mol. The summed E-state index contributed by atoms with van der Waals surface area (Å²) < 4.78 is 23.1. The largest absolute Gasteiger partial charge is 0.330 e. The van der Waals surface area contributed by atoms with E-state index in [1.165, 1.54) is 0 Å². The molecule has 15 heavy (non-hydrogen) atoms. The van der Waals surface area contributed by atoms with Gasteiger partial charge in [0, 0.05) is 0 Å². The third-order valence-electron chi connectivity index (χ3n) is 3.87. The Morgan fingerprint density at radius 1 is 1.40 bits per heavy atom. The van der Waals surface area contributed by atoms with Gasteiger partial charge in [0.05, 0.1) is 10.5 Å². The van der Waals surface area contributed by atoms with E-state index < -0.39 is 14.6 Å². The molecule has 0 bridgehead atoms. The molecule has 2 N–H and O–H groups in total. The molecule has 0 aromatic rings. The van der Waals surface area contributed by atoms with Crippen molar-refractivity contribution in [2.45, 2.75) is 45.3 Å². The summed E-state index contributed by atoms with van der Waals surface area (Å²) in [5.74, 6) is 0.590. The van der Waals surface area contributed by atoms with Crippen LogP contribution in [0.1, 0.15) is 40.5 Å². The zero-order chi connectivity index (χ0) is 11.9. The lowest BCUT2D eigenvalue weighted by atomic mass is 9.77. The van der Waals surface area contributed by atoms with Gasteiger partial charge in [0.25, 0.3) is 0 Å². The van der Waals surface area contributed by atoms with Gasteiger partial charge in [-0.1, -0.05) is 13.8 Å². The average molecular weight is 233 g/mol. The van der Waals surface area contributed by atoms with Gasteiger partial charge in [-0.15, -0.1) is 0 Å². The first-order valence-electron chi connectivity index (χ1n) is 5.55. The fourth-order valence-electron chi connectivity index (χ4n) is 2.26. The van der Waals surface area contributed by atoms with Crippen LogP contribution >= 0.6 is 0 Å². The van der Waals surface area contributed by atoms with Gasteiger partial charge in [0.2, 0.25) is 0 Å². The van der Waals surface area contributed by atoms with Crippen LogP contribution < -0.4 is 5.73 Å². The van der Waals surface area contributed by atoms with Gasteiger partial charge < -0.3 is 5.73 Å². The zero-order valence-corrected chi connectivity index (χ0v) is 11.0. The van der Waals surface area contributed by atoms with Gasteiger partial charge >= 0.3 is 0 Å². The lowest BCUT2D eigenvalue weighted by Crippen LogP contribution is -2.37. The lowest BCUT2D eigenvalue weighted by Gasteiger charge is -2.32. The van der Waals surface area contributed by atoms with Crippen molar-refractivity contribution < 1.29 is 8.42 Å². The maximum absolute atomic E-state index is 11.8. The Morgan fingerprint density at radius 2 is 1.93 bits per heavy atom. The van der Waals surface area contributed by atoms with Crippen LogP contribution in [0.3, 0.4) is 0 Å². The third-order valence-corrected chi connectivity index (χ3v) is 6.58. The molecule has 4 heteroatoms. The molecular formula is C11H23NO2S. The third kappa shape index (κ3) is 2.36. The van der Waals surface area contributed by atoms with Crippen LogP contribution in [0, 0.1) is 11.3 Å². The molecule has 1 aliphatic heterocycles. The summed E-state index contributed by atoms with van der Waals surface area (Å²) in [7, 11) is -2.90. The summed E-state index contributed by atoms with van der Waals surface area (Å²) in [5.41, 5.74) is 5.73. The molecular weight excluding hydrogens is 210 g/mol. The van der Waals surface area contributed by atoms with Crippen molar-refractivity contribution in [2.75, 3.05) is 12.3 Å². The van der Waals surface area contributed by atoms with Crippen molar-refractivity contribution in [3.63, 3.8) is 0 Å². The highest BCUT2D eigenvalue weighted by atomic mass is 32.2. The molecule has 0 spiro atoms. The van der Waals surface area contributed by atoms with Crippen molar-refractivity contribution in [2.24, 2.45) is 17.1 Å². The van der Waals surface area contributed by atoms with E-state index in [-0.39, 0.29) is 11.3 Å². The lowest BCUT2D eigenvalue weighted by molar-refractivity contribution is 0.246. The standard InChI is InChI=1S/C11H23NO2S/c1-10(2,8-12)7-9-5-6-15(13,14)11(9,3)4/h9H,5-8,12H2,1-4H3. The van der Waals surface area contributed by atoms with E-state index in [4.69, 9.17) is 5.73 Å². The molecule has 1 atom stereocenters. The molecule has 0 amide bonds. The number of hydrogen-bond donors (Lipinski definition) is 1. The highest BCUT2D eigenvalue weighted by Gasteiger charge is 2.48. The molecule has 1 fully saturated rings. The van der Waals surface area contributed by atoms with Crippen LogP contribution in [0.15, 0.2) is 0 Å². The second kappa shape index (κ2) is 3.74. The van der Waals surface area contributed by atoms with Gasteiger partial charge in [-0.05, 0) is 44.6 Å². The Morgan fingerprint density at radius 3 is 2.27 bits per heavy atom. The van der Waals surface area contributed by atoms with Crippen LogP contribution in [0.2, 0.25) is 0 Å². The monoisotopic (exact) mass is 233 g/mol. The van der Waals surface area contributed by atoms with E-state index in [0.29, 0.717) is 12.3 Å². The highest BCUT2D eigenvalue weighted by Crippen LogP contribution is 2.43. The van der Waals surface area contributed by atoms with Crippen LogP contribution in [0.5, 0.6) is 0 Å². The molecule has 0 saturated carbocycles. The van der Waals surface area contributed by atoms with Crippen molar-refractivity contribution in [1.29, 1.82) is 0 Å². The first-order chi connectivity index (χ1) is 6.62. The Bertz CT molecular complexity index is 330. The van der Waals surface area contributed by atoms with Crippen molar-refractivity contribution in [3.05, 3.63) is 0 Å². The van der Waals surface area contributed by atoms with E-state index in [0.717, 1.165) is 12.8 Å². The molecule has 0 aromatic carbocycles. The molecule has 0 aromatic heterocycles. The Labute approximate surface area is 93.3 Å². The summed E-state index contributed by atoms with van der Waals surface area (Å²) in [6.07, 6.45) is 1.69. The molecule has 0 aliphatic carbocycles. The predicted octanol–water partition coefficient (Wildman–Crippen LogP) is 1.57. The van der Waals surface area contributed by atoms with Crippen LogP contribution in [-0.4, -0.2) is 25.5 Å². The Hall–Kier alpha value is -0.0900. The maximum atomic E-state index is 11.8. The first kappa shape index (κ1) is 13.0. The molecule has 3 nitrogen and oxygen atoms in total. The summed E-state index contributed by atoms with van der Waals surface area (Å²) in [4.78, 5) is 0. The van der Waals surface area contributed by atoms with E-state index in [1.54, 1.807) is 0 Å². The van der Waals surface area contributed by atoms with E-state index in [2.05, 4.69) is 13.8 Å². The van der Waals surface area contributed by atoms with Crippen LogP contribution in [0.25, 0.3) is 0 Å². The quantitative estimate of drug-likeness (QED) is 0.805. The van der Waals surface area contributed by atoms with Crippen LogP contribution in [0.4, 0.5) is 0 Å². The number of nitrogens with two attached hydrogens (primary N) is 1. The van der Waals surface area contributed by atoms with Crippen molar-refractivity contribution in [3.8, 4) is 0 Å². The van der Waals surface area contributed by atoms with Gasteiger partial charge in [-0.2, -0.15) is 0 Å². The highest BCUT2D eigenvalue weighted by molar-refractivity contribution is 7.93. The fraction of sp³-hybridized carbons (Fsp3) is 1.00. The second-order valence-corrected chi connectivity index (χ2v) is 8.67. The topological polar surface area (TPSA) is 60.2 Å². The SMILES string of the molecule is CC(C)(CN)CC1CCS(=O)(=O)C1(C)C. The molecule has 1 aliphatic rings. The molecule has 1 rings (SSSR count). The molecule has 1 unspecified atom stereocenters. The maximum Gasteiger partial charge on any atom is 0.155 e. The molecule has 1 saturated heterocycles. The van der Waals surface area contributed by atoms with Crippen LogP contribution in [-0.2, 0) is 9.84 Å². The minimum absolute atomic E-state index is 0.0434. The van der Waals surface area contributed by atoms with Crippen molar-refractivity contribution >= 4 is 9.84 Å². The second-order valence-electron chi connectivity index (χ2n) is 5.98. The van der Waals surface area contributed by atoms with Gasteiger partial charge in [-0.3, -0.25) is 0 Å². The zero-order valence-electron chi connectivity index (χ0n) is 10.2. The minimum atomic E-state index is -2.90. The van der Waals surface area contributed by atoms with Gasteiger partial charge in [0.15, 0.2) is 9.84 Å². The summed E-state index contributed by atoms with van der Waals surface area (Å²) >= 11 is 0. The van der Waals surface area contributed by atoms with Gasteiger partial charge in [0.1, 0.15) is 0 Å². The number of rotatable bonds is 3. The van der Waals surface area contributed by atoms with E-state index in [1.807, 2.05) is 13.8 Å². The minimum Gasteiger partial charge on any atom is -0.330 e.